The average Bonchev–Trinajstić information content (AvgIpc) is 3.62. The molecule has 1 fully saturated rings. The van der Waals surface area contributed by atoms with Crippen molar-refractivity contribution in [3.63, 3.8) is 0 Å². The summed E-state index contributed by atoms with van der Waals surface area (Å²) in [6.07, 6.45) is 6.59. The Balaban J connectivity index is 1.41. The summed E-state index contributed by atoms with van der Waals surface area (Å²) in [5.41, 5.74) is 3.86. The van der Waals surface area contributed by atoms with Gasteiger partial charge < -0.3 is 29.9 Å². The summed E-state index contributed by atoms with van der Waals surface area (Å²) in [6, 6.07) is 11.3. The predicted molar refractivity (Wildman–Crippen MR) is 148 cm³/mol. The third kappa shape index (κ3) is 5.32. The molecular formula is C27H32N8O3. The number of likely N-dealkylation sites (tertiary alicyclic amines) is 1. The molecule has 1 aliphatic heterocycles. The number of rotatable bonds is 11. The van der Waals surface area contributed by atoms with Gasteiger partial charge in [0, 0.05) is 38.5 Å². The van der Waals surface area contributed by atoms with Crippen molar-refractivity contribution in [3.8, 4) is 17.3 Å². The van der Waals surface area contributed by atoms with E-state index in [1.165, 1.54) is 12.8 Å². The second-order valence-electron chi connectivity index (χ2n) is 9.13. The minimum atomic E-state index is 0.378. The van der Waals surface area contributed by atoms with Crippen LogP contribution in [0.3, 0.4) is 0 Å². The standard InChI is InChI=1S/C27H32N8O3/c1-33(12-13-34-10-4-5-11-34)24-16-25(38-3)22(15-21(24)30-18-36)31-27-28-9-8-26(32-27)35-17-29-20-14-19(37-2)6-7-23(20)35/h6-9,14-18H,4-5,10-13H2,1-3H3,(H,30,36)(H,28,31,32). The monoisotopic (exact) mass is 516 g/mol. The molecule has 198 valence electrons. The maximum atomic E-state index is 11.4. The lowest BCUT2D eigenvalue weighted by atomic mass is 10.2. The maximum absolute atomic E-state index is 11.4. The van der Waals surface area contributed by atoms with Crippen LogP contribution in [-0.2, 0) is 4.79 Å². The number of hydrogen-bond acceptors (Lipinski definition) is 9. The van der Waals surface area contributed by atoms with E-state index in [4.69, 9.17) is 14.5 Å². The second-order valence-corrected chi connectivity index (χ2v) is 9.13. The normalized spacial score (nSPS) is 13.4. The van der Waals surface area contributed by atoms with E-state index in [1.807, 2.05) is 48.0 Å². The lowest BCUT2D eigenvalue weighted by Gasteiger charge is -2.26. The van der Waals surface area contributed by atoms with Crippen LogP contribution in [0.5, 0.6) is 11.5 Å². The molecule has 1 aliphatic rings. The zero-order chi connectivity index (χ0) is 26.5. The van der Waals surface area contributed by atoms with Crippen molar-refractivity contribution in [2.24, 2.45) is 0 Å². The number of nitrogens with one attached hydrogen (secondary N) is 2. The highest BCUT2D eigenvalue weighted by atomic mass is 16.5. The highest BCUT2D eigenvalue weighted by Crippen LogP contribution is 2.37. The molecule has 0 unspecified atom stereocenters. The van der Waals surface area contributed by atoms with E-state index in [9.17, 15) is 4.79 Å². The fourth-order valence-electron chi connectivity index (χ4n) is 4.71. The van der Waals surface area contributed by atoms with Crippen LogP contribution in [0.1, 0.15) is 12.8 Å². The summed E-state index contributed by atoms with van der Waals surface area (Å²) in [5, 5.41) is 6.08. The molecule has 3 heterocycles. The molecular weight excluding hydrogens is 484 g/mol. The first kappa shape index (κ1) is 25.3. The first-order valence-electron chi connectivity index (χ1n) is 12.6. The quantitative estimate of drug-likeness (QED) is 0.289. The molecule has 11 heteroatoms. The number of anilines is 4. The van der Waals surface area contributed by atoms with E-state index in [2.05, 4.69) is 30.4 Å². The van der Waals surface area contributed by atoms with Crippen molar-refractivity contribution in [3.05, 3.63) is 48.9 Å². The molecule has 0 aliphatic carbocycles. The van der Waals surface area contributed by atoms with Gasteiger partial charge in [-0.2, -0.15) is 4.98 Å². The van der Waals surface area contributed by atoms with Gasteiger partial charge in [0.05, 0.1) is 42.3 Å². The number of aromatic nitrogens is 4. The molecule has 1 amide bonds. The molecule has 0 bridgehead atoms. The Morgan fingerprint density at radius 1 is 1.05 bits per heavy atom. The van der Waals surface area contributed by atoms with Gasteiger partial charge in [0.15, 0.2) is 0 Å². The van der Waals surface area contributed by atoms with Crippen molar-refractivity contribution in [2.45, 2.75) is 12.8 Å². The van der Waals surface area contributed by atoms with Crippen LogP contribution < -0.4 is 25.0 Å². The zero-order valence-corrected chi connectivity index (χ0v) is 21.8. The number of benzene rings is 2. The van der Waals surface area contributed by atoms with Crippen molar-refractivity contribution in [1.82, 2.24) is 24.4 Å². The molecule has 2 aromatic heterocycles. The van der Waals surface area contributed by atoms with E-state index < -0.39 is 0 Å². The average molecular weight is 517 g/mol. The first-order valence-corrected chi connectivity index (χ1v) is 12.6. The number of likely N-dealkylation sites (N-methyl/N-ethyl adjacent to an activating group) is 1. The second kappa shape index (κ2) is 11.3. The molecule has 1 saturated heterocycles. The van der Waals surface area contributed by atoms with E-state index in [-0.39, 0.29) is 0 Å². The Hall–Kier alpha value is -4.38. The smallest absolute Gasteiger partial charge is 0.229 e. The summed E-state index contributed by atoms with van der Waals surface area (Å²) in [4.78, 5) is 29.6. The highest BCUT2D eigenvalue weighted by molar-refractivity contribution is 5.87. The third-order valence-electron chi connectivity index (χ3n) is 6.78. The van der Waals surface area contributed by atoms with Crippen molar-refractivity contribution in [1.29, 1.82) is 0 Å². The molecule has 4 aromatic rings. The molecule has 2 aromatic carbocycles. The van der Waals surface area contributed by atoms with Gasteiger partial charge in [0.1, 0.15) is 23.6 Å². The van der Waals surface area contributed by atoms with E-state index in [0.29, 0.717) is 35.3 Å². The number of amides is 1. The SMILES string of the molecule is COc1ccc2c(c1)ncn2-c1ccnc(Nc2cc(NC=O)c(N(C)CCN3CCCC3)cc2OC)n1. The van der Waals surface area contributed by atoms with Crippen LogP contribution in [0.4, 0.5) is 23.0 Å². The molecule has 2 N–H and O–H groups in total. The summed E-state index contributed by atoms with van der Waals surface area (Å²) in [7, 11) is 5.26. The largest absolute Gasteiger partial charge is 0.497 e. The zero-order valence-electron chi connectivity index (χ0n) is 21.8. The van der Waals surface area contributed by atoms with Gasteiger partial charge in [-0.1, -0.05) is 0 Å². The van der Waals surface area contributed by atoms with Gasteiger partial charge in [-0.05, 0) is 50.2 Å². The number of methoxy groups -OCH3 is 2. The van der Waals surface area contributed by atoms with Gasteiger partial charge >= 0.3 is 0 Å². The molecule has 38 heavy (non-hydrogen) atoms. The summed E-state index contributed by atoms with van der Waals surface area (Å²) >= 11 is 0. The number of carbonyl (C=O) groups excluding carboxylic acids is 1. The number of carbonyl (C=O) groups is 1. The van der Waals surface area contributed by atoms with Crippen LogP contribution in [0, 0.1) is 0 Å². The number of fused-ring (bicyclic) bond motifs is 1. The fourth-order valence-corrected chi connectivity index (χ4v) is 4.71. The van der Waals surface area contributed by atoms with Crippen molar-refractivity contribution < 1.29 is 14.3 Å². The Labute approximate surface area is 221 Å². The lowest BCUT2D eigenvalue weighted by Crippen LogP contribution is -2.31. The molecule has 0 spiro atoms. The number of hydrogen-bond donors (Lipinski definition) is 2. The molecule has 0 saturated carbocycles. The van der Waals surface area contributed by atoms with Crippen LogP contribution in [-0.4, -0.2) is 78.3 Å². The Morgan fingerprint density at radius 2 is 1.89 bits per heavy atom. The predicted octanol–water partition coefficient (Wildman–Crippen LogP) is 3.68. The Bertz CT molecular complexity index is 1420. The summed E-state index contributed by atoms with van der Waals surface area (Å²) < 4.78 is 12.9. The number of ether oxygens (including phenoxy) is 2. The van der Waals surface area contributed by atoms with E-state index in [0.717, 1.165) is 48.6 Å². The van der Waals surface area contributed by atoms with Gasteiger partial charge in [-0.3, -0.25) is 9.36 Å². The maximum Gasteiger partial charge on any atom is 0.229 e. The summed E-state index contributed by atoms with van der Waals surface area (Å²) in [6.45, 7) is 4.08. The van der Waals surface area contributed by atoms with Crippen LogP contribution in [0.2, 0.25) is 0 Å². The van der Waals surface area contributed by atoms with E-state index >= 15 is 0 Å². The van der Waals surface area contributed by atoms with Crippen LogP contribution in [0.25, 0.3) is 16.9 Å². The molecule has 0 atom stereocenters. The van der Waals surface area contributed by atoms with Gasteiger partial charge in [-0.15, -0.1) is 0 Å². The van der Waals surface area contributed by atoms with Gasteiger partial charge in [0.25, 0.3) is 0 Å². The van der Waals surface area contributed by atoms with Crippen LogP contribution >= 0.6 is 0 Å². The first-order chi connectivity index (χ1) is 18.6. The van der Waals surface area contributed by atoms with Crippen LogP contribution in [0.15, 0.2) is 48.9 Å². The topological polar surface area (TPSA) is 110 Å². The summed E-state index contributed by atoms with van der Waals surface area (Å²) in [5.74, 6) is 2.38. The third-order valence-corrected chi connectivity index (χ3v) is 6.78. The Kier molecular flexibility index (Phi) is 7.55. The fraction of sp³-hybridized carbons (Fsp3) is 0.333. The number of imidazole rings is 1. The van der Waals surface area contributed by atoms with Crippen molar-refractivity contribution in [2.75, 3.05) is 63.0 Å². The van der Waals surface area contributed by atoms with E-state index in [1.54, 1.807) is 26.7 Å². The lowest BCUT2D eigenvalue weighted by molar-refractivity contribution is -0.105. The van der Waals surface area contributed by atoms with Gasteiger partial charge in [-0.25, -0.2) is 9.97 Å². The van der Waals surface area contributed by atoms with Crippen molar-refractivity contribution >= 4 is 40.5 Å². The minimum absolute atomic E-state index is 0.378. The van der Waals surface area contributed by atoms with Gasteiger partial charge in [0.2, 0.25) is 12.4 Å². The minimum Gasteiger partial charge on any atom is -0.497 e. The molecule has 5 rings (SSSR count). The Morgan fingerprint density at radius 3 is 2.66 bits per heavy atom. The number of nitrogens with zero attached hydrogens (tertiary/aromatic N) is 6. The molecule has 0 radical (unpaired) electrons. The highest BCUT2D eigenvalue weighted by Gasteiger charge is 2.17. The molecule has 11 nitrogen and oxygen atoms in total.